The number of hydrogen-bond acceptors (Lipinski definition) is 6. The molecule has 136 valence electrons. The zero-order valence-electron chi connectivity index (χ0n) is 15.5. The highest BCUT2D eigenvalue weighted by atomic mass is 16.5. The maximum Gasteiger partial charge on any atom is 0.223 e. The van der Waals surface area contributed by atoms with Crippen LogP contribution in [0.4, 0.5) is 11.6 Å². The molecule has 0 atom stereocenters. The van der Waals surface area contributed by atoms with Gasteiger partial charge >= 0.3 is 0 Å². The number of benzene rings is 2. The molecule has 0 saturated carbocycles. The standard InChI is InChI=1S/C20H25N5O/c1-25(2)10-4-8-22-20-23-9-7-19(24-20)15-11-14-5-6-16(26-3)13-17(14)18(21)12-15/h5-7,9,11-13H,4,8,10,21H2,1-3H3,(H,22,23,24). The molecular weight excluding hydrogens is 326 g/mol. The quantitative estimate of drug-likeness (QED) is 0.503. The van der Waals surface area contributed by atoms with Crippen molar-refractivity contribution in [1.82, 2.24) is 14.9 Å². The van der Waals surface area contributed by atoms with Crippen molar-refractivity contribution in [2.24, 2.45) is 0 Å². The molecule has 3 aromatic rings. The van der Waals surface area contributed by atoms with Crippen LogP contribution in [0.15, 0.2) is 42.6 Å². The highest BCUT2D eigenvalue weighted by Gasteiger charge is 2.07. The first kappa shape index (κ1) is 17.9. The first-order valence-corrected chi connectivity index (χ1v) is 8.66. The second kappa shape index (κ2) is 8.01. The van der Waals surface area contributed by atoms with Gasteiger partial charge in [-0.05, 0) is 62.8 Å². The maximum atomic E-state index is 6.26. The van der Waals surface area contributed by atoms with E-state index in [1.807, 2.05) is 30.3 Å². The summed E-state index contributed by atoms with van der Waals surface area (Å²) in [5.74, 6) is 1.43. The fourth-order valence-corrected chi connectivity index (χ4v) is 2.84. The number of nitrogens with zero attached hydrogens (tertiary/aromatic N) is 3. The molecule has 6 heteroatoms. The van der Waals surface area contributed by atoms with Crippen LogP contribution in [0.2, 0.25) is 0 Å². The van der Waals surface area contributed by atoms with Crippen LogP contribution < -0.4 is 15.8 Å². The van der Waals surface area contributed by atoms with E-state index in [2.05, 4.69) is 40.3 Å². The molecule has 0 aliphatic rings. The van der Waals surface area contributed by atoms with Gasteiger partial charge in [0.2, 0.25) is 5.95 Å². The fraction of sp³-hybridized carbons (Fsp3) is 0.300. The Balaban J connectivity index is 1.83. The lowest BCUT2D eigenvalue weighted by molar-refractivity contribution is 0.405. The zero-order valence-corrected chi connectivity index (χ0v) is 15.5. The summed E-state index contributed by atoms with van der Waals surface area (Å²) in [5.41, 5.74) is 8.79. The van der Waals surface area contributed by atoms with Gasteiger partial charge < -0.3 is 20.7 Å². The predicted octanol–water partition coefficient (Wildman–Crippen LogP) is 3.25. The number of nitrogen functional groups attached to an aromatic ring is 1. The Bertz CT molecular complexity index is 895. The normalized spacial score (nSPS) is 11.1. The van der Waals surface area contributed by atoms with Crippen LogP contribution in [0.3, 0.4) is 0 Å². The van der Waals surface area contributed by atoms with Gasteiger partial charge in [0.25, 0.3) is 0 Å². The van der Waals surface area contributed by atoms with Crippen molar-refractivity contribution >= 4 is 22.4 Å². The highest BCUT2D eigenvalue weighted by molar-refractivity contribution is 5.97. The van der Waals surface area contributed by atoms with E-state index in [0.29, 0.717) is 11.6 Å². The van der Waals surface area contributed by atoms with E-state index in [4.69, 9.17) is 10.5 Å². The minimum absolute atomic E-state index is 0.634. The van der Waals surface area contributed by atoms with Gasteiger partial charge in [-0.2, -0.15) is 0 Å². The van der Waals surface area contributed by atoms with Crippen LogP contribution in [-0.2, 0) is 0 Å². The Kier molecular flexibility index (Phi) is 5.53. The Morgan fingerprint density at radius 3 is 2.77 bits per heavy atom. The topological polar surface area (TPSA) is 76.3 Å². The van der Waals surface area contributed by atoms with Crippen LogP contribution in [0, 0.1) is 0 Å². The van der Waals surface area contributed by atoms with Crippen molar-refractivity contribution in [3.05, 3.63) is 42.6 Å². The van der Waals surface area contributed by atoms with E-state index >= 15 is 0 Å². The number of aromatic nitrogens is 2. The lowest BCUT2D eigenvalue weighted by atomic mass is 10.0. The van der Waals surface area contributed by atoms with Crippen molar-refractivity contribution in [1.29, 1.82) is 0 Å². The van der Waals surface area contributed by atoms with Crippen molar-refractivity contribution in [2.45, 2.75) is 6.42 Å². The zero-order chi connectivity index (χ0) is 18.5. The number of nitrogens with one attached hydrogen (secondary N) is 1. The molecule has 0 amide bonds. The van der Waals surface area contributed by atoms with Crippen LogP contribution in [0.25, 0.3) is 22.0 Å². The monoisotopic (exact) mass is 351 g/mol. The van der Waals surface area contributed by atoms with Gasteiger partial charge in [-0.15, -0.1) is 0 Å². The smallest absolute Gasteiger partial charge is 0.223 e. The summed E-state index contributed by atoms with van der Waals surface area (Å²) in [4.78, 5) is 11.1. The van der Waals surface area contributed by atoms with Gasteiger partial charge in [0.15, 0.2) is 0 Å². The van der Waals surface area contributed by atoms with Gasteiger partial charge in [-0.1, -0.05) is 6.07 Å². The fourth-order valence-electron chi connectivity index (χ4n) is 2.84. The Labute approximate surface area is 154 Å². The number of anilines is 2. The average molecular weight is 351 g/mol. The number of methoxy groups -OCH3 is 1. The molecule has 3 rings (SSSR count). The third-order valence-electron chi connectivity index (χ3n) is 4.21. The minimum Gasteiger partial charge on any atom is -0.497 e. The number of ether oxygens (including phenoxy) is 1. The molecule has 0 aliphatic carbocycles. The molecule has 0 spiro atoms. The summed E-state index contributed by atoms with van der Waals surface area (Å²) in [7, 11) is 5.79. The Morgan fingerprint density at radius 2 is 2.00 bits per heavy atom. The average Bonchev–Trinajstić information content (AvgIpc) is 2.65. The molecule has 1 heterocycles. The van der Waals surface area contributed by atoms with Crippen LogP contribution in [0.1, 0.15) is 6.42 Å². The van der Waals surface area contributed by atoms with E-state index in [1.54, 1.807) is 13.3 Å². The number of nitrogens with two attached hydrogens (primary N) is 1. The van der Waals surface area contributed by atoms with E-state index < -0.39 is 0 Å². The van der Waals surface area contributed by atoms with Crippen LogP contribution in [-0.4, -0.2) is 49.2 Å². The number of rotatable bonds is 7. The van der Waals surface area contributed by atoms with Crippen LogP contribution >= 0.6 is 0 Å². The molecule has 1 aromatic heterocycles. The summed E-state index contributed by atoms with van der Waals surface area (Å²) in [6, 6.07) is 11.8. The lowest BCUT2D eigenvalue weighted by Crippen LogP contribution is -2.17. The maximum absolute atomic E-state index is 6.26. The van der Waals surface area contributed by atoms with Crippen LogP contribution in [0.5, 0.6) is 5.75 Å². The predicted molar refractivity (Wildman–Crippen MR) is 108 cm³/mol. The second-order valence-corrected chi connectivity index (χ2v) is 6.50. The molecule has 0 fully saturated rings. The molecule has 2 aromatic carbocycles. The lowest BCUT2D eigenvalue weighted by Gasteiger charge is -2.11. The third kappa shape index (κ3) is 4.21. The van der Waals surface area contributed by atoms with Gasteiger partial charge in [0.1, 0.15) is 5.75 Å². The van der Waals surface area contributed by atoms with Crippen molar-refractivity contribution in [2.75, 3.05) is 45.3 Å². The van der Waals surface area contributed by atoms with Gasteiger partial charge in [-0.25, -0.2) is 9.97 Å². The molecule has 26 heavy (non-hydrogen) atoms. The van der Waals surface area contributed by atoms with Crippen molar-refractivity contribution in [3.8, 4) is 17.0 Å². The number of hydrogen-bond donors (Lipinski definition) is 2. The molecule has 3 N–H and O–H groups in total. The van der Waals surface area contributed by atoms with E-state index in [1.165, 1.54) is 0 Å². The second-order valence-electron chi connectivity index (χ2n) is 6.50. The molecule has 0 radical (unpaired) electrons. The first-order chi connectivity index (χ1) is 12.6. The largest absolute Gasteiger partial charge is 0.497 e. The molecule has 0 saturated heterocycles. The third-order valence-corrected chi connectivity index (χ3v) is 4.21. The summed E-state index contributed by atoms with van der Waals surface area (Å²) in [6.07, 6.45) is 2.80. The summed E-state index contributed by atoms with van der Waals surface area (Å²) >= 11 is 0. The summed E-state index contributed by atoms with van der Waals surface area (Å²) in [5, 5.41) is 5.31. The summed E-state index contributed by atoms with van der Waals surface area (Å²) in [6.45, 7) is 1.86. The van der Waals surface area contributed by atoms with Crippen molar-refractivity contribution < 1.29 is 4.74 Å². The van der Waals surface area contributed by atoms with Gasteiger partial charge in [-0.3, -0.25) is 0 Å². The summed E-state index contributed by atoms with van der Waals surface area (Å²) < 4.78 is 5.28. The highest BCUT2D eigenvalue weighted by Crippen LogP contribution is 2.31. The van der Waals surface area contributed by atoms with E-state index in [9.17, 15) is 0 Å². The molecular formula is C20H25N5O. The molecule has 0 unspecified atom stereocenters. The molecule has 0 aliphatic heterocycles. The van der Waals surface area contributed by atoms with Gasteiger partial charge in [0, 0.05) is 29.4 Å². The first-order valence-electron chi connectivity index (χ1n) is 8.66. The molecule has 0 bridgehead atoms. The van der Waals surface area contributed by atoms with E-state index in [-0.39, 0.29) is 0 Å². The van der Waals surface area contributed by atoms with Gasteiger partial charge in [0.05, 0.1) is 12.8 Å². The van der Waals surface area contributed by atoms with E-state index in [0.717, 1.165) is 47.3 Å². The minimum atomic E-state index is 0.634. The Morgan fingerprint density at radius 1 is 1.15 bits per heavy atom. The molecule has 6 nitrogen and oxygen atoms in total. The Hall–Kier alpha value is -2.86. The SMILES string of the molecule is COc1ccc2cc(-c3ccnc(NCCCN(C)C)n3)cc(N)c2c1. The number of fused-ring (bicyclic) bond motifs is 1. The van der Waals surface area contributed by atoms with Crippen molar-refractivity contribution in [3.63, 3.8) is 0 Å².